The number of benzene rings is 1. The molecular formula is C11H16BrNO2. The zero-order valence-electron chi connectivity index (χ0n) is 8.96. The summed E-state index contributed by atoms with van der Waals surface area (Å²) in [6, 6.07) is 5.90. The Morgan fingerprint density at radius 2 is 2.27 bits per heavy atom. The maximum Gasteiger partial charge on any atom is 0.124 e. The molecule has 0 saturated carbocycles. The molecule has 84 valence electrons. The van der Waals surface area contributed by atoms with Gasteiger partial charge in [0.2, 0.25) is 0 Å². The Bertz CT molecular complexity index is 315. The molecule has 0 radical (unpaired) electrons. The molecule has 1 atom stereocenters. The second-order valence-corrected chi connectivity index (χ2v) is 4.35. The molecule has 0 aliphatic heterocycles. The predicted octanol–water partition coefficient (Wildman–Crippen LogP) is 1.93. The molecule has 0 unspecified atom stereocenters. The fourth-order valence-corrected chi connectivity index (χ4v) is 1.62. The van der Waals surface area contributed by atoms with Gasteiger partial charge in [-0.3, -0.25) is 0 Å². The Morgan fingerprint density at radius 1 is 1.53 bits per heavy atom. The van der Waals surface area contributed by atoms with Crippen molar-refractivity contribution in [1.82, 2.24) is 5.32 Å². The van der Waals surface area contributed by atoms with Crippen molar-refractivity contribution >= 4 is 15.9 Å². The van der Waals surface area contributed by atoms with Crippen molar-refractivity contribution in [2.75, 3.05) is 13.7 Å². The average molecular weight is 274 g/mol. The molecule has 0 saturated heterocycles. The molecule has 1 aromatic rings. The van der Waals surface area contributed by atoms with Crippen LogP contribution < -0.4 is 10.1 Å². The topological polar surface area (TPSA) is 41.5 Å². The van der Waals surface area contributed by atoms with Crippen molar-refractivity contribution < 1.29 is 9.84 Å². The molecule has 2 N–H and O–H groups in total. The van der Waals surface area contributed by atoms with E-state index >= 15 is 0 Å². The molecule has 0 fully saturated rings. The second-order valence-electron chi connectivity index (χ2n) is 3.44. The fourth-order valence-electron chi connectivity index (χ4n) is 1.28. The highest BCUT2D eigenvalue weighted by atomic mass is 79.9. The minimum absolute atomic E-state index is 0.327. The maximum atomic E-state index is 9.10. The van der Waals surface area contributed by atoms with Gasteiger partial charge in [-0.15, -0.1) is 0 Å². The number of rotatable bonds is 5. The molecule has 4 heteroatoms. The van der Waals surface area contributed by atoms with E-state index in [1.807, 2.05) is 18.2 Å². The summed E-state index contributed by atoms with van der Waals surface area (Å²) in [5, 5.41) is 12.2. The van der Waals surface area contributed by atoms with Gasteiger partial charge in [0.15, 0.2) is 0 Å². The largest absolute Gasteiger partial charge is 0.496 e. The van der Waals surface area contributed by atoms with Crippen molar-refractivity contribution in [2.45, 2.75) is 19.6 Å². The van der Waals surface area contributed by atoms with E-state index in [1.54, 1.807) is 14.0 Å². The van der Waals surface area contributed by atoms with Gasteiger partial charge in [-0.25, -0.2) is 0 Å². The number of hydrogen-bond donors (Lipinski definition) is 2. The molecule has 0 aromatic heterocycles. The lowest BCUT2D eigenvalue weighted by atomic mass is 10.2. The lowest BCUT2D eigenvalue weighted by Crippen LogP contribution is -2.24. The van der Waals surface area contributed by atoms with Crippen LogP contribution in [0.2, 0.25) is 0 Å². The molecule has 15 heavy (non-hydrogen) atoms. The summed E-state index contributed by atoms with van der Waals surface area (Å²) in [6.45, 7) is 3.03. The van der Waals surface area contributed by atoms with Crippen LogP contribution in [-0.4, -0.2) is 24.9 Å². The smallest absolute Gasteiger partial charge is 0.124 e. The summed E-state index contributed by atoms with van der Waals surface area (Å²) in [6.07, 6.45) is -0.327. The molecule has 0 heterocycles. The van der Waals surface area contributed by atoms with E-state index in [2.05, 4.69) is 21.2 Å². The van der Waals surface area contributed by atoms with Gasteiger partial charge in [0.25, 0.3) is 0 Å². The number of methoxy groups -OCH3 is 1. The van der Waals surface area contributed by atoms with Crippen molar-refractivity contribution in [3.8, 4) is 5.75 Å². The van der Waals surface area contributed by atoms with E-state index in [0.29, 0.717) is 13.1 Å². The summed E-state index contributed by atoms with van der Waals surface area (Å²) in [4.78, 5) is 0. The van der Waals surface area contributed by atoms with Gasteiger partial charge in [-0.05, 0) is 19.1 Å². The van der Waals surface area contributed by atoms with Gasteiger partial charge in [0.05, 0.1) is 13.2 Å². The van der Waals surface area contributed by atoms with Gasteiger partial charge in [-0.1, -0.05) is 22.0 Å². The number of aliphatic hydroxyl groups excluding tert-OH is 1. The van der Waals surface area contributed by atoms with E-state index in [-0.39, 0.29) is 6.10 Å². The van der Waals surface area contributed by atoms with Gasteiger partial charge in [0.1, 0.15) is 5.75 Å². The lowest BCUT2D eigenvalue weighted by Gasteiger charge is -2.11. The fraction of sp³-hybridized carbons (Fsp3) is 0.455. The van der Waals surface area contributed by atoms with Crippen molar-refractivity contribution in [3.05, 3.63) is 28.2 Å². The van der Waals surface area contributed by atoms with E-state index < -0.39 is 0 Å². The van der Waals surface area contributed by atoms with Crippen LogP contribution in [0.1, 0.15) is 12.5 Å². The first-order valence-corrected chi connectivity index (χ1v) is 5.64. The molecule has 0 aliphatic rings. The van der Waals surface area contributed by atoms with Crippen LogP contribution in [-0.2, 0) is 6.54 Å². The molecule has 0 amide bonds. The van der Waals surface area contributed by atoms with E-state index in [9.17, 15) is 0 Å². The third kappa shape index (κ3) is 4.20. The highest BCUT2D eigenvalue weighted by Crippen LogP contribution is 2.23. The Morgan fingerprint density at radius 3 is 2.87 bits per heavy atom. The Kier molecular flexibility index (Phi) is 5.08. The van der Waals surface area contributed by atoms with Crippen LogP contribution in [0.5, 0.6) is 5.75 Å². The Labute approximate surface area is 98.6 Å². The van der Waals surface area contributed by atoms with Gasteiger partial charge < -0.3 is 15.2 Å². The number of halogens is 1. The molecular weight excluding hydrogens is 258 g/mol. The summed E-state index contributed by atoms with van der Waals surface area (Å²) < 4.78 is 6.25. The molecule has 3 nitrogen and oxygen atoms in total. The quantitative estimate of drug-likeness (QED) is 0.862. The van der Waals surface area contributed by atoms with Crippen molar-refractivity contribution in [1.29, 1.82) is 0 Å². The van der Waals surface area contributed by atoms with Crippen LogP contribution in [0.4, 0.5) is 0 Å². The lowest BCUT2D eigenvalue weighted by molar-refractivity contribution is 0.191. The maximum absolute atomic E-state index is 9.10. The Balaban J connectivity index is 2.60. The first kappa shape index (κ1) is 12.5. The number of aliphatic hydroxyl groups is 1. The van der Waals surface area contributed by atoms with Crippen LogP contribution in [0.3, 0.4) is 0 Å². The zero-order valence-corrected chi connectivity index (χ0v) is 10.5. The molecule has 0 aliphatic carbocycles. The van der Waals surface area contributed by atoms with Gasteiger partial charge in [0, 0.05) is 23.1 Å². The first-order valence-electron chi connectivity index (χ1n) is 4.84. The molecule has 0 bridgehead atoms. The third-order valence-electron chi connectivity index (χ3n) is 2.00. The molecule has 1 rings (SSSR count). The normalized spacial score (nSPS) is 12.5. The summed E-state index contributed by atoms with van der Waals surface area (Å²) in [5.41, 5.74) is 1.08. The molecule has 0 spiro atoms. The number of hydrogen-bond acceptors (Lipinski definition) is 3. The van der Waals surface area contributed by atoms with E-state index in [4.69, 9.17) is 9.84 Å². The first-order chi connectivity index (χ1) is 7.13. The highest BCUT2D eigenvalue weighted by Gasteiger charge is 2.03. The van der Waals surface area contributed by atoms with Crippen molar-refractivity contribution in [2.24, 2.45) is 0 Å². The van der Waals surface area contributed by atoms with Gasteiger partial charge in [-0.2, -0.15) is 0 Å². The highest BCUT2D eigenvalue weighted by molar-refractivity contribution is 9.10. The zero-order chi connectivity index (χ0) is 11.3. The van der Waals surface area contributed by atoms with E-state index in [1.165, 1.54) is 0 Å². The Hall–Kier alpha value is -0.580. The predicted molar refractivity (Wildman–Crippen MR) is 64.1 cm³/mol. The average Bonchev–Trinajstić information content (AvgIpc) is 2.19. The summed E-state index contributed by atoms with van der Waals surface area (Å²) >= 11 is 3.39. The molecule has 1 aromatic carbocycles. The second kappa shape index (κ2) is 6.10. The number of nitrogens with one attached hydrogen (secondary N) is 1. The van der Waals surface area contributed by atoms with Crippen LogP contribution >= 0.6 is 15.9 Å². The van der Waals surface area contributed by atoms with Crippen LogP contribution in [0.15, 0.2) is 22.7 Å². The number of ether oxygens (including phenoxy) is 1. The van der Waals surface area contributed by atoms with Crippen molar-refractivity contribution in [3.63, 3.8) is 0 Å². The van der Waals surface area contributed by atoms with Gasteiger partial charge >= 0.3 is 0 Å². The standard InChI is InChI=1S/C11H16BrNO2/c1-8(14)6-13-7-9-3-4-10(12)5-11(9)15-2/h3-5,8,13-14H,6-7H2,1-2H3/t8-/m1/s1. The minimum Gasteiger partial charge on any atom is -0.496 e. The third-order valence-corrected chi connectivity index (χ3v) is 2.50. The van der Waals surface area contributed by atoms with E-state index in [0.717, 1.165) is 15.8 Å². The van der Waals surface area contributed by atoms with Crippen LogP contribution in [0.25, 0.3) is 0 Å². The minimum atomic E-state index is -0.327. The summed E-state index contributed by atoms with van der Waals surface area (Å²) in [5.74, 6) is 0.850. The van der Waals surface area contributed by atoms with Crippen LogP contribution in [0, 0.1) is 0 Å². The SMILES string of the molecule is COc1cc(Br)ccc1CNC[C@@H](C)O. The summed E-state index contributed by atoms with van der Waals surface area (Å²) in [7, 11) is 1.65. The monoisotopic (exact) mass is 273 g/mol.